The van der Waals surface area contributed by atoms with Crippen molar-refractivity contribution in [3.05, 3.63) is 39.9 Å². The zero-order valence-corrected chi connectivity index (χ0v) is 10.4. The fourth-order valence-electron chi connectivity index (χ4n) is 1.57. The zero-order valence-electron chi connectivity index (χ0n) is 10.4. The molecule has 0 aliphatic rings. The van der Waals surface area contributed by atoms with Gasteiger partial charge in [0.2, 0.25) is 0 Å². The highest BCUT2D eigenvalue weighted by molar-refractivity contribution is 5.92. The van der Waals surface area contributed by atoms with Crippen LogP contribution in [0.4, 0.5) is 0 Å². The molecule has 7 heteroatoms. The number of hydrogen-bond donors (Lipinski definition) is 3. The van der Waals surface area contributed by atoms with Gasteiger partial charge in [0, 0.05) is 18.5 Å². The summed E-state index contributed by atoms with van der Waals surface area (Å²) in [5, 5.41) is 11.1. The predicted octanol–water partition coefficient (Wildman–Crippen LogP) is -0.281. The van der Waals surface area contributed by atoms with Crippen molar-refractivity contribution in [1.82, 2.24) is 15.3 Å². The van der Waals surface area contributed by atoms with Crippen LogP contribution in [0.3, 0.4) is 0 Å². The lowest BCUT2D eigenvalue weighted by molar-refractivity contribution is -0.130. The van der Waals surface area contributed by atoms with Crippen LogP contribution in [-0.2, 0) is 4.79 Å². The maximum absolute atomic E-state index is 11.9. The maximum atomic E-state index is 11.9. The fourth-order valence-corrected chi connectivity index (χ4v) is 1.57. The number of carbonyl (C=O) groups is 2. The molecule has 0 aliphatic carbocycles. The molecular formula is C13H9N3O4. The molecule has 100 valence electrons. The molecule has 1 amide bonds. The molecule has 20 heavy (non-hydrogen) atoms. The Hall–Kier alpha value is -3.14. The molecule has 1 aromatic carbocycles. The number of benzene rings is 1. The Balaban J connectivity index is 2.59. The molecule has 0 fully saturated rings. The van der Waals surface area contributed by atoms with Crippen LogP contribution in [0.2, 0.25) is 0 Å². The van der Waals surface area contributed by atoms with Crippen molar-refractivity contribution in [3.8, 4) is 11.8 Å². The second-order valence-corrected chi connectivity index (χ2v) is 3.78. The molecule has 2 rings (SSSR count). The van der Waals surface area contributed by atoms with Crippen molar-refractivity contribution in [2.45, 2.75) is 0 Å². The fraction of sp³-hybridized carbons (Fsp3) is 0.0769. The van der Waals surface area contributed by atoms with E-state index in [1.165, 1.54) is 25.2 Å². The average Bonchev–Trinajstić information content (AvgIpc) is 2.44. The summed E-state index contributed by atoms with van der Waals surface area (Å²) in [7, 11) is 1.43. The molecule has 0 saturated carbocycles. The zero-order chi connectivity index (χ0) is 14.7. The van der Waals surface area contributed by atoms with E-state index in [0.29, 0.717) is 11.1 Å². The Bertz CT molecular complexity index is 827. The largest absolute Gasteiger partial charge is 0.472 e. The van der Waals surface area contributed by atoms with Crippen LogP contribution in [0.5, 0.6) is 0 Å². The van der Waals surface area contributed by atoms with Crippen LogP contribution < -0.4 is 10.9 Å². The highest BCUT2D eigenvalue weighted by Crippen LogP contribution is 2.09. The van der Waals surface area contributed by atoms with E-state index < -0.39 is 17.4 Å². The maximum Gasteiger partial charge on any atom is 0.382 e. The number of carbonyl (C=O) groups excluding carboxylic acids is 1. The molecule has 0 aliphatic heterocycles. The first-order chi connectivity index (χ1) is 9.51. The Labute approximate surface area is 112 Å². The minimum Gasteiger partial charge on any atom is -0.472 e. The second kappa shape index (κ2) is 5.24. The van der Waals surface area contributed by atoms with Crippen LogP contribution in [0, 0.1) is 11.8 Å². The molecule has 2 aromatic rings. The van der Waals surface area contributed by atoms with Gasteiger partial charge in [-0.1, -0.05) is 5.92 Å². The minimum absolute atomic E-state index is 0.0885. The number of amides is 1. The number of rotatable bonds is 1. The summed E-state index contributed by atoms with van der Waals surface area (Å²) in [6, 6.07) is 4.45. The summed E-state index contributed by atoms with van der Waals surface area (Å²) >= 11 is 0. The van der Waals surface area contributed by atoms with E-state index in [2.05, 4.69) is 21.2 Å². The van der Waals surface area contributed by atoms with Crippen LogP contribution in [0.25, 0.3) is 10.9 Å². The van der Waals surface area contributed by atoms with E-state index in [4.69, 9.17) is 5.11 Å². The summed E-state index contributed by atoms with van der Waals surface area (Å²) in [4.78, 5) is 40.0. The Kier molecular flexibility index (Phi) is 3.48. The predicted molar refractivity (Wildman–Crippen MR) is 70.3 cm³/mol. The van der Waals surface area contributed by atoms with E-state index in [0.717, 1.165) is 0 Å². The third-order valence-corrected chi connectivity index (χ3v) is 2.46. The lowest BCUT2D eigenvalue weighted by Gasteiger charge is -2.01. The molecule has 1 aromatic heterocycles. The van der Waals surface area contributed by atoms with Crippen molar-refractivity contribution in [2.24, 2.45) is 0 Å². The van der Waals surface area contributed by atoms with Crippen LogP contribution >= 0.6 is 0 Å². The number of nitrogens with one attached hydrogen (secondary N) is 2. The quantitative estimate of drug-likeness (QED) is 0.617. The van der Waals surface area contributed by atoms with Gasteiger partial charge in [0.25, 0.3) is 11.5 Å². The molecular weight excluding hydrogens is 262 g/mol. The first-order valence-electron chi connectivity index (χ1n) is 5.52. The van der Waals surface area contributed by atoms with Crippen molar-refractivity contribution < 1.29 is 14.7 Å². The van der Waals surface area contributed by atoms with Gasteiger partial charge in [0.1, 0.15) is 0 Å². The minimum atomic E-state index is -1.26. The number of aromatic amines is 1. The number of aromatic nitrogens is 2. The first-order valence-corrected chi connectivity index (χ1v) is 5.52. The van der Waals surface area contributed by atoms with Crippen LogP contribution in [-0.4, -0.2) is 34.0 Å². The third kappa shape index (κ3) is 2.64. The molecule has 0 unspecified atom stereocenters. The molecule has 3 N–H and O–H groups in total. The Morgan fingerprint density at radius 1 is 1.40 bits per heavy atom. The third-order valence-electron chi connectivity index (χ3n) is 2.46. The SMILES string of the molecule is CNC(=O)c1nc2ccc(C#CC(=O)O)cc2c(=O)[nH]1. The first kappa shape index (κ1) is 13.3. The van der Waals surface area contributed by atoms with Gasteiger partial charge in [-0.25, -0.2) is 9.78 Å². The van der Waals surface area contributed by atoms with Crippen molar-refractivity contribution in [2.75, 3.05) is 7.05 Å². The van der Waals surface area contributed by atoms with Gasteiger partial charge in [-0.05, 0) is 18.2 Å². The highest BCUT2D eigenvalue weighted by atomic mass is 16.4. The Morgan fingerprint density at radius 2 is 2.15 bits per heavy atom. The highest BCUT2D eigenvalue weighted by Gasteiger charge is 2.09. The number of carboxylic acids is 1. The summed E-state index contributed by atoms with van der Waals surface area (Å²) < 4.78 is 0. The number of hydrogen-bond acceptors (Lipinski definition) is 4. The summed E-state index contributed by atoms with van der Waals surface area (Å²) in [6.07, 6.45) is 0. The molecule has 7 nitrogen and oxygen atoms in total. The lowest BCUT2D eigenvalue weighted by atomic mass is 10.1. The second-order valence-electron chi connectivity index (χ2n) is 3.78. The van der Waals surface area contributed by atoms with E-state index in [1.54, 1.807) is 0 Å². The van der Waals surface area contributed by atoms with Gasteiger partial charge in [0.15, 0.2) is 5.82 Å². The number of H-pyrrole nitrogens is 1. The summed E-state index contributed by atoms with van der Waals surface area (Å²) in [5.41, 5.74) is 0.209. The number of nitrogens with zero attached hydrogens (tertiary/aromatic N) is 1. The summed E-state index contributed by atoms with van der Waals surface area (Å²) in [6.45, 7) is 0. The molecule has 0 radical (unpaired) electrons. The molecule has 0 saturated heterocycles. The number of fused-ring (bicyclic) bond motifs is 1. The normalized spacial score (nSPS) is 9.65. The standard InChI is InChI=1S/C13H9N3O4/c1-14-13(20)11-15-9-4-2-7(3-5-10(17)18)6-8(9)12(19)16-11/h2,4,6H,1H3,(H,14,20)(H,17,18)(H,15,16,19). The van der Waals surface area contributed by atoms with Crippen molar-refractivity contribution in [1.29, 1.82) is 0 Å². The Morgan fingerprint density at radius 3 is 2.80 bits per heavy atom. The van der Waals surface area contributed by atoms with E-state index in [9.17, 15) is 14.4 Å². The van der Waals surface area contributed by atoms with Crippen LogP contribution in [0.15, 0.2) is 23.0 Å². The van der Waals surface area contributed by atoms with Crippen molar-refractivity contribution in [3.63, 3.8) is 0 Å². The number of carboxylic acid groups (broad SMARTS) is 1. The monoisotopic (exact) mass is 271 g/mol. The topological polar surface area (TPSA) is 112 Å². The van der Waals surface area contributed by atoms with E-state index in [1.807, 2.05) is 5.92 Å². The molecule has 0 spiro atoms. The smallest absolute Gasteiger partial charge is 0.382 e. The van der Waals surface area contributed by atoms with Gasteiger partial charge >= 0.3 is 5.97 Å². The van der Waals surface area contributed by atoms with Gasteiger partial charge in [-0.3, -0.25) is 9.59 Å². The van der Waals surface area contributed by atoms with E-state index in [-0.39, 0.29) is 11.2 Å². The molecule has 0 atom stereocenters. The lowest BCUT2D eigenvalue weighted by Crippen LogP contribution is -2.24. The van der Waals surface area contributed by atoms with Crippen molar-refractivity contribution >= 4 is 22.8 Å². The number of aliphatic carboxylic acids is 1. The molecule has 1 heterocycles. The van der Waals surface area contributed by atoms with E-state index >= 15 is 0 Å². The molecule has 0 bridgehead atoms. The van der Waals surface area contributed by atoms with Gasteiger partial charge < -0.3 is 15.4 Å². The van der Waals surface area contributed by atoms with Crippen LogP contribution in [0.1, 0.15) is 16.2 Å². The van der Waals surface area contributed by atoms with Gasteiger partial charge in [0.05, 0.1) is 10.9 Å². The van der Waals surface area contributed by atoms with Gasteiger partial charge in [-0.15, -0.1) is 0 Å². The summed E-state index contributed by atoms with van der Waals surface area (Å²) in [5.74, 6) is 2.51. The average molecular weight is 271 g/mol. The van der Waals surface area contributed by atoms with Gasteiger partial charge in [-0.2, -0.15) is 0 Å².